The van der Waals surface area contributed by atoms with Gasteiger partial charge >= 0.3 is 0 Å². The molecule has 2 N–H and O–H groups in total. The molecule has 0 spiro atoms. The predicted molar refractivity (Wildman–Crippen MR) is 83.2 cm³/mol. The highest BCUT2D eigenvalue weighted by atomic mass is 79.9. The Bertz CT molecular complexity index is 800. The number of carbonyl (C=O) groups is 1. The summed E-state index contributed by atoms with van der Waals surface area (Å²) < 4.78 is 0.821. The third kappa shape index (κ3) is 2.42. The van der Waals surface area contributed by atoms with Gasteiger partial charge in [0.2, 0.25) is 0 Å². The average Bonchev–Trinajstić information content (AvgIpc) is 2.89. The summed E-state index contributed by atoms with van der Waals surface area (Å²) in [7, 11) is 0. The number of amides is 1. The third-order valence-electron chi connectivity index (χ3n) is 2.86. The highest BCUT2D eigenvalue weighted by molar-refractivity contribution is 9.10. The Balaban J connectivity index is 1.99. The van der Waals surface area contributed by atoms with Gasteiger partial charge in [-0.25, -0.2) is 0 Å². The maximum absolute atomic E-state index is 12.1. The SMILES string of the molecule is O=C(Nc1ccc(Cl)c2cccnc12)c1cc(Br)c[nH]1. The fourth-order valence-electron chi connectivity index (χ4n) is 1.93. The number of anilines is 1. The number of rotatable bonds is 2. The van der Waals surface area contributed by atoms with Crippen molar-refractivity contribution < 1.29 is 4.79 Å². The molecular weight excluding hydrogens is 342 g/mol. The van der Waals surface area contributed by atoms with Crippen LogP contribution in [0, 0.1) is 0 Å². The number of halogens is 2. The molecular formula is C14H9BrClN3O. The van der Waals surface area contributed by atoms with E-state index in [-0.39, 0.29) is 5.91 Å². The molecule has 0 radical (unpaired) electrons. The molecule has 3 aromatic rings. The molecule has 0 aliphatic heterocycles. The molecule has 3 rings (SSSR count). The molecule has 100 valence electrons. The predicted octanol–water partition coefficient (Wildman–Crippen LogP) is 4.23. The van der Waals surface area contributed by atoms with E-state index < -0.39 is 0 Å². The molecule has 20 heavy (non-hydrogen) atoms. The molecule has 0 saturated carbocycles. The molecule has 0 unspecified atom stereocenters. The molecule has 2 aromatic heterocycles. The quantitative estimate of drug-likeness (QED) is 0.726. The van der Waals surface area contributed by atoms with E-state index in [4.69, 9.17) is 11.6 Å². The first kappa shape index (κ1) is 13.1. The van der Waals surface area contributed by atoms with Crippen LogP contribution in [0.3, 0.4) is 0 Å². The van der Waals surface area contributed by atoms with Gasteiger partial charge in [0.05, 0.1) is 16.2 Å². The third-order valence-corrected chi connectivity index (χ3v) is 3.64. The molecule has 0 aliphatic rings. The van der Waals surface area contributed by atoms with Crippen molar-refractivity contribution in [2.75, 3.05) is 5.32 Å². The van der Waals surface area contributed by atoms with Crippen molar-refractivity contribution in [3.05, 3.63) is 57.9 Å². The molecule has 1 aromatic carbocycles. The van der Waals surface area contributed by atoms with Crippen LogP contribution in [0.5, 0.6) is 0 Å². The largest absolute Gasteiger partial charge is 0.356 e. The maximum Gasteiger partial charge on any atom is 0.272 e. The average molecular weight is 351 g/mol. The number of nitrogens with one attached hydrogen (secondary N) is 2. The van der Waals surface area contributed by atoms with Crippen LogP contribution in [0.2, 0.25) is 5.02 Å². The molecule has 0 saturated heterocycles. The number of pyridine rings is 1. The summed E-state index contributed by atoms with van der Waals surface area (Å²) in [6.45, 7) is 0. The lowest BCUT2D eigenvalue weighted by molar-refractivity contribution is 0.102. The van der Waals surface area contributed by atoms with Gasteiger partial charge in [0, 0.05) is 22.3 Å². The maximum atomic E-state index is 12.1. The second-order valence-corrected chi connectivity index (χ2v) is 5.50. The Hall–Kier alpha value is -1.85. The van der Waals surface area contributed by atoms with Crippen LogP contribution in [0.15, 0.2) is 47.2 Å². The lowest BCUT2D eigenvalue weighted by Gasteiger charge is -2.08. The minimum atomic E-state index is -0.232. The van der Waals surface area contributed by atoms with Gasteiger partial charge in [-0.15, -0.1) is 0 Å². The lowest BCUT2D eigenvalue weighted by Crippen LogP contribution is -2.12. The zero-order chi connectivity index (χ0) is 14.1. The van der Waals surface area contributed by atoms with Gasteiger partial charge in [-0.2, -0.15) is 0 Å². The first-order chi connectivity index (χ1) is 9.65. The second-order valence-electron chi connectivity index (χ2n) is 4.18. The molecule has 0 atom stereocenters. The van der Waals surface area contributed by atoms with Crippen molar-refractivity contribution in [1.82, 2.24) is 9.97 Å². The Morgan fingerprint density at radius 3 is 2.95 bits per heavy atom. The minimum Gasteiger partial charge on any atom is -0.356 e. The molecule has 0 aliphatic carbocycles. The van der Waals surface area contributed by atoms with Crippen LogP contribution in [0.1, 0.15) is 10.5 Å². The number of carbonyl (C=O) groups excluding carboxylic acids is 1. The first-order valence-corrected chi connectivity index (χ1v) is 7.01. The van der Waals surface area contributed by atoms with E-state index in [0.29, 0.717) is 21.9 Å². The summed E-state index contributed by atoms with van der Waals surface area (Å²) >= 11 is 9.41. The van der Waals surface area contributed by atoms with Crippen LogP contribution in [-0.2, 0) is 0 Å². The molecule has 6 heteroatoms. The van der Waals surface area contributed by atoms with Crippen molar-refractivity contribution >= 4 is 50.0 Å². The zero-order valence-corrected chi connectivity index (χ0v) is 12.5. The number of aromatic nitrogens is 2. The Morgan fingerprint density at radius 2 is 2.20 bits per heavy atom. The normalized spacial score (nSPS) is 10.7. The van der Waals surface area contributed by atoms with Gasteiger partial charge in [0.25, 0.3) is 5.91 Å². The van der Waals surface area contributed by atoms with Crippen LogP contribution < -0.4 is 5.32 Å². The number of hydrogen-bond donors (Lipinski definition) is 2. The minimum absolute atomic E-state index is 0.232. The van der Waals surface area contributed by atoms with E-state index >= 15 is 0 Å². The van der Waals surface area contributed by atoms with Crippen molar-refractivity contribution in [3.8, 4) is 0 Å². The standard InChI is InChI=1S/C14H9BrClN3O/c15-8-6-12(18-7-8)14(20)19-11-4-3-10(16)9-2-1-5-17-13(9)11/h1-7,18H,(H,19,20). The van der Waals surface area contributed by atoms with Crippen LogP contribution >= 0.6 is 27.5 Å². The number of nitrogens with zero attached hydrogens (tertiary/aromatic N) is 1. The molecule has 2 heterocycles. The van der Waals surface area contributed by atoms with Crippen LogP contribution in [-0.4, -0.2) is 15.9 Å². The summed E-state index contributed by atoms with van der Waals surface area (Å²) in [6, 6.07) is 8.87. The van der Waals surface area contributed by atoms with Crippen LogP contribution in [0.25, 0.3) is 10.9 Å². The molecule has 0 bridgehead atoms. The van der Waals surface area contributed by atoms with Gasteiger partial charge in [-0.3, -0.25) is 9.78 Å². The fourth-order valence-corrected chi connectivity index (χ4v) is 2.49. The first-order valence-electron chi connectivity index (χ1n) is 5.83. The van der Waals surface area contributed by atoms with Crippen molar-refractivity contribution in [3.63, 3.8) is 0 Å². The summed E-state index contributed by atoms with van der Waals surface area (Å²) in [6.07, 6.45) is 3.37. The van der Waals surface area contributed by atoms with Gasteiger partial charge in [-0.05, 0) is 46.3 Å². The van der Waals surface area contributed by atoms with Crippen molar-refractivity contribution in [2.45, 2.75) is 0 Å². The van der Waals surface area contributed by atoms with E-state index in [1.165, 1.54) is 0 Å². The number of H-pyrrole nitrogens is 1. The van der Waals surface area contributed by atoms with Gasteiger partial charge in [0.15, 0.2) is 0 Å². The Kier molecular flexibility index (Phi) is 3.46. The van der Waals surface area contributed by atoms with Crippen molar-refractivity contribution in [2.24, 2.45) is 0 Å². The molecule has 0 fully saturated rings. The summed E-state index contributed by atoms with van der Waals surface area (Å²) in [5, 5.41) is 4.24. The van der Waals surface area contributed by atoms with Crippen LogP contribution in [0.4, 0.5) is 5.69 Å². The summed E-state index contributed by atoms with van der Waals surface area (Å²) in [5.74, 6) is -0.232. The summed E-state index contributed by atoms with van der Waals surface area (Å²) in [5.41, 5.74) is 1.76. The van der Waals surface area contributed by atoms with E-state index in [0.717, 1.165) is 9.86 Å². The molecule has 4 nitrogen and oxygen atoms in total. The monoisotopic (exact) mass is 349 g/mol. The zero-order valence-electron chi connectivity index (χ0n) is 10.2. The number of fused-ring (bicyclic) bond motifs is 1. The molecule has 1 amide bonds. The Morgan fingerprint density at radius 1 is 1.35 bits per heavy atom. The number of hydrogen-bond acceptors (Lipinski definition) is 2. The Labute approximate surface area is 128 Å². The van der Waals surface area contributed by atoms with E-state index in [1.54, 1.807) is 30.6 Å². The van der Waals surface area contributed by atoms with E-state index in [1.807, 2.05) is 12.1 Å². The fraction of sp³-hybridized carbons (Fsp3) is 0. The topological polar surface area (TPSA) is 57.8 Å². The highest BCUT2D eigenvalue weighted by Crippen LogP contribution is 2.28. The van der Waals surface area contributed by atoms with E-state index in [2.05, 4.69) is 31.2 Å². The smallest absolute Gasteiger partial charge is 0.272 e. The summed E-state index contributed by atoms with van der Waals surface area (Å²) in [4.78, 5) is 19.3. The lowest BCUT2D eigenvalue weighted by atomic mass is 10.2. The van der Waals surface area contributed by atoms with Gasteiger partial charge in [-0.1, -0.05) is 11.6 Å². The van der Waals surface area contributed by atoms with E-state index in [9.17, 15) is 4.79 Å². The number of aromatic amines is 1. The second kappa shape index (κ2) is 5.26. The van der Waals surface area contributed by atoms with Gasteiger partial charge in [0.1, 0.15) is 5.69 Å². The van der Waals surface area contributed by atoms with Crippen molar-refractivity contribution in [1.29, 1.82) is 0 Å². The van der Waals surface area contributed by atoms with Gasteiger partial charge < -0.3 is 10.3 Å². The number of benzene rings is 1. The highest BCUT2D eigenvalue weighted by Gasteiger charge is 2.11.